The number of hydrazine groups is 1. The first-order chi connectivity index (χ1) is 10.0. The van der Waals surface area contributed by atoms with Crippen molar-refractivity contribution in [1.29, 1.82) is 0 Å². The van der Waals surface area contributed by atoms with E-state index in [-0.39, 0.29) is 11.6 Å². The van der Waals surface area contributed by atoms with Gasteiger partial charge in [-0.25, -0.2) is 0 Å². The Hall–Kier alpha value is -0.900. The minimum atomic E-state index is -0.170. The summed E-state index contributed by atoms with van der Waals surface area (Å²) in [6.45, 7) is 9.42. The van der Waals surface area contributed by atoms with E-state index in [1.165, 1.54) is 29.5 Å². The van der Waals surface area contributed by atoms with Crippen molar-refractivity contribution in [3.05, 3.63) is 34.9 Å². The van der Waals surface area contributed by atoms with Crippen molar-refractivity contribution in [2.24, 2.45) is 11.8 Å². The van der Waals surface area contributed by atoms with Gasteiger partial charge in [-0.3, -0.25) is 11.3 Å². The van der Waals surface area contributed by atoms with Crippen LogP contribution in [-0.4, -0.2) is 12.2 Å². The van der Waals surface area contributed by atoms with Gasteiger partial charge in [0.2, 0.25) is 0 Å². The molecule has 1 aliphatic rings. The van der Waals surface area contributed by atoms with Crippen molar-refractivity contribution in [2.45, 2.75) is 65.0 Å². The SMILES string of the molecule is CCOC1(C(NN)c2cc(C)cc(C)c2)CCC(C)CC1. The summed E-state index contributed by atoms with van der Waals surface area (Å²) in [5.74, 6) is 6.74. The fourth-order valence-electron chi connectivity index (χ4n) is 3.78. The number of benzene rings is 1. The molecule has 0 spiro atoms. The van der Waals surface area contributed by atoms with Crippen molar-refractivity contribution >= 4 is 0 Å². The van der Waals surface area contributed by atoms with Crippen LogP contribution in [0.3, 0.4) is 0 Å². The molecule has 1 unspecified atom stereocenters. The molecule has 0 aliphatic heterocycles. The molecular weight excluding hydrogens is 260 g/mol. The molecule has 0 bridgehead atoms. The fourth-order valence-corrected chi connectivity index (χ4v) is 3.78. The second-order valence-electron chi connectivity index (χ2n) is 6.70. The van der Waals surface area contributed by atoms with E-state index in [9.17, 15) is 0 Å². The highest BCUT2D eigenvalue weighted by atomic mass is 16.5. The van der Waals surface area contributed by atoms with Crippen LogP contribution in [0.2, 0.25) is 0 Å². The lowest BCUT2D eigenvalue weighted by molar-refractivity contribution is -0.0977. The molecule has 0 amide bonds. The van der Waals surface area contributed by atoms with E-state index < -0.39 is 0 Å². The lowest BCUT2D eigenvalue weighted by atomic mass is 9.73. The molecule has 1 atom stereocenters. The largest absolute Gasteiger partial charge is 0.373 e. The summed E-state index contributed by atoms with van der Waals surface area (Å²) in [4.78, 5) is 0. The van der Waals surface area contributed by atoms with Gasteiger partial charge in [-0.2, -0.15) is 0 Å². The number of nitrogens with one attached hydrogen (secondary N) is 1. The highest BCUT2D eigenvalue weighted by Crippen LogP contribution is 2.43. The van der Waals surface area contributed by atoms with Gasteiger partial charge < -0.3 is 4.74 Å². The van der Waals surface area contributed by atoms with Gasteiger partial charge in [-0.15, -0.1) is 0 Å². The minimum Gasteiger partial charge on any atom is -0.373 e. The van der Waals surface area contributed by atoms with Crippen LogP contribution in [0, 0.1) is 19.8 Å². The van der Waals surface area contributed by atoms with E-state index in [2.05, 4.69) is 51.3 Å². The molecule has 1 saturated carbocycles. The molecule has 0 saturated heterocycles. The lowest BCUT2D eigenvalue weighted by Crippen LogP contribution is -2.50. The van der Waals surface area contributed by atoms with Gasteiger partial charge in [0.05, 0.1) is 11.6 Å². The van der Waals surface area contributed by atoms with Crippen molar-refractivity contribution in [3.8, 4) is 0 Å². The van der Waals surface area contributed by atoms with Gasteiger partial charge in [0.25, 0.3) is 0 Å². The third-order valence-corrected chi connectivity index (χ3v) is 4.82. The molecule has 3 nitrogen and oxygen atoms in total. The average molecular weight is 290 g/mol. The standard InChI is InChI=1S/C18H30N2O/c1-5-21-18(8-6-13(2)7-9-18)17(20-19)16-11-14(3)10-15(4)12-16/h10-13,17,20H,5-9,19H2,1-4H3. The first kappa shape index (κ1) is 16.5. The molecule has 118 valence electrons. The Morgan fingerprint density at radius 3 is 2.29 bits per heavy atom. The zero-order chi connectivity index (χ0) is 15.5. The van der Waals surface area contributed by atoms with Crippen molar-refractivity contribution < 1.29 is 4.74 Å². The van der Waals surface area contributed by atoms with Gasteiger partial charge in [0, 0.05) is 6.61 Å². The quantitative estimate of drug-likeness (QED) is 0.640. The molecule has 1 aromatic carbocycles. The predicted molar refractivity (Wildman–Crippen MR) is 88.0 cm³/mol. The monoisotopic (exact) mass is 290 g/mol. The zero-order valence-corrected chi connectivity index (χ0v) is 13.9. The normalized spacial score (nSPS) is 27.6. The van der Waals surface area contributed by atoms with Gasteiger partial charge in [-0.05, 0) is 57.9 Å². The van der Waals surface area contributed by atoms with E-state index in [0.29, 0.717) is 0 Å². The van der Waals surface area contributed by atoms with Crippen LogP contribution in [0.1, 0.15) is 62.3 Å². The number of rotatable bonds is 5. The highest BCUT2D eigenvalue weighted by molar-refractivity contribution is 5.32. The van der Waals surface area contributed by atoms with E-state index >= 15 is 0 Å². The van der Waals surface area contributed by atoms with Crippen LogP contribution in [-0.2, 0) is 4.74 Å². The van der Waals surface area contributed by atoms with Crippen molar-refractivity contribution in [2.75, 3.05) is 6.61 Å². The smallest absolute Gasteiger partial charge is 0.0889 e. The van der Waals surface area contributed by atoms with Crippen LogP contribution in [0.15, 0.2) is 18.2 Å². The molecule has 1 fully saturated rings. The molecule has 0 radical (unpaired) electrons. The minimum absolute atomic E-state index is 0.0588. The fraction of sp³-hybridized carbons (Fsp3) is 0.667. The maximum Gasteiger partial charge on any atom is 0.0889 e. The van der Waals surface area contributed by atoms with E-state index in [4.69, 9.17) is 10.6 Å². The lowest BCUT2D eigenvalue weighted by Gasteiger charge is -2.44. The Labute approximate surface area is 129 Å². The molecular formula is C18H30N2O. The third-order valence-electron chi connectivity index (χ3n) is 4.82. The topological polar surface area (TPSA) is 47.3 Å². The molecule has 1 aliphatic carbocycles. The third kappa shape index (κ3) is 3.65. The summed E-state index contributed by atoms with van der Waals surface area (Å²) >= 11 is 0. The summed E-state index contributed by atoms with van der Waals surface area (Å²) in [5.41, 5.74) is 6.69. The summed E-state index contributed by atoms with van der Waals surface area (Å²) in [5, 5.41) is 0. The molecule has 21 heavy (non-hydrogen) atoms. The summed E-state index contributed by atoms with van der Waals surface area (Å²) in [7, 11) is 0. The van der Waals surface area contributed by atoms with E-state index in [1.54, 1.807) is 0 Å². The summed E-state index contributed by atoms with van der Waals surface area (Å²) in [6, 6.07) is 6.73. The summed E-state index contributed by atoms with van der Waals surface area (Å²) < 4.78 is 6.26. The Bertz CT molecular complexity index is 444. The molecule has 3 N–H and O–H groups in total. The average Bonchev–Trinajstić information content (AvgIpc) is 2.42. The highest BCUT2D eigenvalue weighted by Gasteiger charge is 2.42. The van der Waals surface area contributed by atoms with Gasteiger partial charge in [0.1, 0.15) is 0 Å². The second kappa shape index (κ2) is 6.91. The van der Waals surface area contributed by atoms with Gasteiger partial charge >= 0.3 is 0 Å². The van der Waals surface area contributed by atoms with Crippen molar-refractivity contribution in [3.63, 3.8) is 0 Å². The Morgan fingerprint density at radius 2 is 1.81 bits per heavy atom. The maximum atomic E-state index is 6.26. The molecule has 2 rings (SSSR count). The van der Waals surface area contributed by atoms with Crippen LogP contribution in [0.4, 0.5) is 0 Å². The van der Waals surface area contributed by atoms with Crippen LogP contribution >= 0.6 is 0 Å². The van der Waals surface area contributed by atoms with Crippen LogP contribution in [0.5, 0.6) is 0 Å². The van der Waals surface area contributed by atoms with E-state index in [1.807, 2.05) is 0 Å². The van der Waals surface area contributed by atoms with Gasteiger partial charge in [0.15, 0.2) is 0 Å². The Balaban J connectivity index is 2.35. The number of hydrogen-bond donors (Lipinski definition) is 2. The maximum absolute atomic E-state index is 6.26. The Kier molecular flexibility index (Phi) is 5.42. The number of aryl methyl sites for hydroxylation is 2. The first-order valence-electron chi connectivity index (χ1n) is 8.19. The molecule has 0 aromatic heterocycles. The number of ether oxygens (including phenoxy) is 1. The van der Waals surface area contributed by atoms with Crippen molar-refractivity contribution in [1.82, 2.24) is 5.43 Å². The number of hydrogen-bond acceptors (Lipinski definition) is 3. The first-order valence-corrected chi connectivity index (χ1v) is 8.19. The van der Waals surface area contributed by atoms with Crippen LogP contribution in [0.25, 0.3) is 0 Å². The zero-order valence-electron chi connectivity index (χ0n) is 13.9. The molecule has 1 aromatic rings. The Morgan fingerprint density at radius 1 is 1.24 bits per heavy atom. The molecule has 3 heteroatoms. The number of nitrogens with two attached hydrogens (primary N) is 1. The van der Waals surface area contributed by atoms with Gasteiger partial charge in [-0.1, -0.05) is 36.2 Å². The second-order valence-corrected chi connectivity index (χ2v) is 6.70. The predicted octanol–water partition coefficient (Wildman–Crippen LogP) is 3.79. The van der Waals surface area contributed by atoms with E-state index in [0.717, 1.165) is 25.4 Å². The molecule has 0 heterocycles. The van der Waals surface area contributed by atoms with Crippen LogP contribution < -0.4 is 11.3 Å². The summed E-state index contributed by atoms with van der Waals surface area (Å²) in [6.07, 6.45) is 4.57.